The molecule has 4 aromatic carbocycles. The van der Waals surface area contributed by atoms with Crippen molar-refractivity contribution in [2.45, 2.75) is 57.0 Å². The van der Waals surface area contributed by atoms with E-state index in [1.807, 2.05) is 48.5 Å². The lowest BCUT2D eigenvalue weighted by Gasteiger charge is -2.59. The predicted molar refractivity (Wildman–Crippen MR) is 158 cm³/mol. The number of carbonyl (C=O) groups excluding carboxylic acids is 1. The van der Waals surface area contributed by atoms with Gasteiger partial charge in [0.25, 0.3) is 0 Å². The highest BCUT2D eigenvalue weighted by molar-refractivity contribution is 6.11. The molecule has 4 heteroatoms. The fourth-order valence-corrected chi connectivity index (χ4v) is 8.72. The van der Waals surface area contributed by atoms with Crippen molar-refractivity contribution in [3.05, 3.63) is 89.5 Å². The van der Waals surface area contributed by atoms with Crippen LogP contribution in [0.3, 0.4) is 0 Å². The third-order valence-electron chi connectivity index (χ3n) is 10.7. The number of Topliss-reactive ketones (excluding diaryl/α,β-unsaturated/α-hetero) is 1. The lowest BCUT2D eigenvalue weighted by molar-refractivity contribution is -0.123. The van der Waals surface area contributed by atoms with E-state index in [0.717, 1.165) is 86.2 Å². The van der Waals surface area contributed by atoms with Gasteiger partial charge in [0.05, 0.1) is 22.1 Å². The van der Waals surface area contributed by atoms with Gasteiger partial charge in [-0.2, -0.15) is 0 Å². The molecular weight excluding hydrogens is 492 g/mol. The first-order chi connectivity index (χ1) is 19.6. The van der Waals surface area contributed by atoms with Crippen LogP contribution in [0.4, 0.5) is 0 Å². The first kappa shape index (κ1) is 23.0. The highest BCUT2D eigenvalue weighted by Gasteiger charge is 2.55. The molecule has 0 radical (unpaired) electrons. The van der Waals surface area contributed by atoms with E-state index < -0.39 is 0 Å². The Labute approximate surface area is 233 Å². The molecule has 1 aliphatic heterocycles. The molecule has 4 nitrogen and oxygen atoms in total. The van der Waals surface area contributed by atoms with Gasteiger partial charge in [-0.15, -0.1) is 0 Å². The van der Waals surface area contributed by atoms with Crippen molar-refractivity contribution >= 4 is 38.6 Å². The Morgan fingerprint density at radius 3 is 2.27 bits per heavy atom. The van der Waals surface area contributed by atoms with Crippen molar-refractivity contribution in [2.75, 3.05) is 0 Å². The summed E-state index contributed by atoms with van der Waals surface area (Å²) in [6.45, 7) is 0. The molecular formula is C36H32N2O2. The fourth-order valence-electron chi connectivity index (χ4n) is 8.72. The van der Waals surface area contributed by atoms with Crippen molar-refractivity contribution in [2.24, 2.45) is 23.7 Å². The quantitative estimate of drug-likeness (QED) is 0.137. The summed E-state index contributed by atoms with van der Waals surface area (Å²) in [6, 6.07) is 24.2. The summed E-state index contributed by atoms with van der Waals surface area (Å²) in [5, 5.41) is 2.27. The lowest BCUT2D eigenvalue weighted by Crippen LogP contribution is -2.55. The number of hydrogen-bond donors (Lipinski definition) is 0. The molecule has 2 atom stereocenters. The first-order valence-corrected chi connectivity index (χ1v) is 15.0. The van der Waals surface area contributed by atoms with E-state index >= 15 is 0 Å². The Morgan fingerprint density at radius 2 is 1.48 bits per heavy atom. The molecule has 0 N–H and O–H groups in total. The third kappa shape index (κ3) is 3.41. The molecule has 0 amide bonds. The number of benzene rings is 4. The second-order valence-electron chi connectivity index (χ2n) is 13.0. The highest BCUT2D eigenvalue weighted by Crippen LogP contribution is 2.61. The van der Waals surface area contributed by atoms with Gasteiger partial charge in [-0.1, -0.05) is 60.7 Å². The van der Waals surface area contributed by atoms with Gasteiger partial charge in [-0.25, -0.2) is 9.97 Å². The van der Waals surface area contributed by atoms with Crippen LogP contribution in [-0.4, -0.2) is 21.4 Å². The van der Waals surface area contributed by atoms with Crippen LogP contribution in [-0.2, 0) is 12.8 Å². The van der Waals surface area contributed by atoms with Crippen LogP contribution < -0.4 is 4.74 Å². The van der Waals surface area contributed by atoms with Gasteiger partial charge in [-0.3, -0.25) is 4.79 Å². The van der Waals surface area contributed by atoms with Crippen molar-refractivity contribution in [1.82, 2.24) is 9.97 Å². The van der Waals surface area contributed by atoms with Gasteiger partial charge in [0.1, 0.15) is 11.4 Å². The van der Waals surface area contributed by atoms with Crippen molar-refractivity contribution in [1.29, 1.82) is 0 Å². The number of rotatable bonds is 3. The second kappa shape index (κ2) is 8.36. The van der Waals surface area contributed by atoms with Crippen LogP contribution in [0.1, 0.15) is 60.0 Å². The normalized spacial score (nSPS) is 28.3. The molecule has 0 saturated heterocycles. The van der Waals surface area contributed by atoms with Gasteiger partial charge in [0, 0.05) is 28.3 Å². The zero-order valence-electron chi connectivity index (χ0n) is 22.6. The Hall–Kier alpha value is -3.79. The lowest BCUT2D eigenvalue weighted by atomic mass is 9.48. The van der Waals surface area contributed by atoms with E-state index in [0.29, 0.717) is 6.42 Å². The van der Waals surface area contributed by atoms with E-state index in [4.69, 9.17) is 14.7 Å². The van der Waals surface area contributed by atoms with Gasteiger partial charge in [0.2, 0.25) is 0 Å². The van der Waals surface area contributed by atoms with Gasteiger partial charge in [-0.05, 0) is 86.3 Å². The SMILES string of the molecule is O=C(Cc1ccc2nc3c4c(c5ccccc5c3nc2c1)OC1(CC4)CC2CC(C1)C1CC2C1)c1ccccc1. The first-order valence-electron chi connectivity index (χ1n) is 15.0. The van der Waals surface area contributed by atoms with Crippen LogP contribution in [0.2, 0.25) is 0 Å². The summed E-state index contributed by atoms with van der Waals surface area (Å²) in [4.78, 5) is 23.3. The van der Waals surface area contributed by atoms with Crippen LogP contribution in [0.15, 0.2) is 72.8 Å². The Bertz CT molecular complexity index is 1820. The molecule has 10 rings (SSSR count). The molecule has 4 saturated carbocycles. The highest BCUT2D eigenvalue weighted by atomic mass is 16.5. The average Bonchev–Trinajstić information content (AvgIpc) is 2.96. The molecule has 2 heterocycles. The molecule has 4 aliphatic carbocycles. The van der Waals surface area contributed by atoms with Crippen LogP contribution >= 0.6 is 0 Å². The minimum atomic E-state index is -0.0150. The summed E-state index contributed by atoms with van der Waals surface area (Å²) in [7, 11) is 0. The van der Waals surface area contributed by atoms with Crippen LogP contribution in [0.5, 0.6) is 5.75 Å². The number of aromatic nitrogens is 2. The van der Waals surface area contributed by atoms with Crippen molar-refractivity contribution in [3.63, 3.8) is 0 Å². The Balaban J connectivity index is 1.14. The Morgan fingerprint density at radius 1 is 0.775 bits per heavy atom. The smallest absolute Gasteiger partial charge is 0.167 e. The van der Waals surface area contributed by atoms with E-state index in [-0.39, 0.29) is 11.4 Å². The van der Waals surface area contributed by atoms with E-state index in [2.05, 4.69) is 24.3 Å². The van der Waals surface area contributed by atoms with E-state index in [1.165, 1.54) is 37.7 Å². The summed E-state index contributed by atoms with van der Waals surface area (Å²) < 4.78 is 7.20. The molecule has 1 aromatic heterocycles. The van der Waals surface area contributed by atoms with Gasteiger partial charge < -0.3 is 4.74 Å². The number of carbonyl (C=O) groups is 1. The molecule has 4 bridgehead atoms. The molecule has 198 valence electrons. The third-order valence-corrected chi connectivity index (χ3v) is 10.7. The molecule has 1 spiro atoms. The van der Waals surface area contributed by atoms with Crippen molar-refractivity contribution < 1.29 is 9.53 Å². The average molecular weight is 525 g/mol. The van der Waals surface area contributed by atoms with Gasteiger partial charge >= 0.3 is 0 Å². The molecule has 4 fully saturated rings. The molecule has 5 aliphatic rings. The monoisotopic (exact) mass is 524 g/mol. The van der Waals surface area contributed by atoms with E-state index in [9.17, 15) is 4.79 Å². The van der Waals surface area contributed by atoms with Crippen LogP contribution in [0, 0.1) is 23.7 Å². The van der Waals surface area contributed by atoms with Crippen LogP contribution in [0.25, 0.3) is 32.8 Å². The molecule has 40 heavy (non-hydrogen) atoms. The maximum Gasteiger partial charge on any atom is 0.167 e. The fraction of sp³-hybridized carbons (Fsp3) is 0.361. The summed E-state index contributed by atoms with van der Waals surface area (Å²) in [5.74, 6) is 4.77. The molecule has 5 aromatic rings. The van der Waals surface area contributed by atoms with Crippen molar-refractivity contribution in [3.8, 4) is 5.75 Å². The largest absolute Gasteiger partial charge is 0.486 e. The number of aryl methyl sites for hydroxylation is 1. The predicted octanol–water partition coefficient (Wildman–Crippen LogP) is 7.88. The number of nitrogens with zero attached hydrogens (tertiary/aromatic N) is 2. The second-order valence-corrected chi connectivity index (χ2v) is 13.0. The van der Waals surface area contributed by atoms with Gasteiger partial charge in [0.15, 0.2) is 5.78 Å². The number of ketones is 1. The standard InChI is InChI=1S/C36H32N2O2/c39-32(22-6-2-1-3-7-22)15-21-10-11-30-31(14-21)38-33-27-8-4-5-9-28(27)35-29(34(33)37-30)12-13-36(40-35)19-25-18-26(20-36)24-16-23(25)17-24/h1-11,14,23-26H,12-13,15-20H2. The zero-order valence-corrected chi connectivity index (χ0v) is 22.6. The molecule has 2 unspecified atom stereocenters. The summed E-state index contributed by atoms with van der Waals surface area (Å²) in [5.41, 5.74) is 6.52. The topological polar surface area (TPSA) is 52.1 Å². The summed E-state index contributed by atoms with van der Waals surface area (Å²) >= 11 is 0. The maximum absolute atomic E-state index is 12.9. The zero-order chi connectivity index (χ0) is 26.4. The number of ether oxygens (including phenoxy) is 1. The maximum atomic E-state index is 12.9. The Kier molecular flexibility index (Phi) is 4.80. The summed E-state index contributed by atoms with van der Waals surface area (Å²) in [6.07, 6.45) is 9.25. The minimum absolute atomic E-state index is 0.0150. The number of fused-ring (bicyclic) bond motifs is 7. The number of hydrogen-bond acceptors (Lipinski definition) is 4. The minimum Gasteiger partial charge on any atom is -0.486 e. The van der Waals surface area contributed by atoms with E-state index in [1.54, 1.807) is 0 Å².